The first kappa shape index (κ1) is 14.0. The first-order chi connectivity index (χ1) is 8.61. The summed E-state index contributed by atoms with van der Waals surface area (Å²) in [6.07, 6.45) is 3.32. The van der Waals surface area contributed by atoms with Crippen LogP contribution < -0.4 is 10.6 Å². The van der Waals surface area contributed by atoms with E-state index in [1.807, 2.05) is 24.3 Å². The summed E-state index contributed by atoms with van der Waals surface area (Å²) in [5.74, 6) is -1.07. The van der Waals surface area contributed by atoms with Crippen molar-refractivity contribution >= 4 is 17.7 Å². The van der Waals surface area contributed by atoms with E-state index in [1.54, 1.807) is 0 Å². The zero-order chi connectivity index (χ0) is 13.4. The Kier molecular flexibility index (Phi) is 5.70. The molecule has 0 aromatic heterocycles. The van der Waals surface area contributed by atoms with Crippen molar-refractivity contribution in [1.29, 1.82) is 0 Å². The molecule has 1 rings (SSSR count). The summed E-state index contributed by atoms with van der Waals surface area (Å²) >= 11 is 0. The lowest BCUT2D eigenvalue weighted by molar-refractivity contribution is -0.135. The summed E-state index contributed by atoms with van der Waals surface area (Å²) in [6, 6.07) is 7.03. The smallest absolute Gasteiger partial charge is 0.323 e. The van der Waals surface area contributed by atoms with Crippen molar-refractivity contribution in [2.45, 2.75) is 26.2 Å². The largest absolute Gasteiger partial charge is 0.480 e. The monoisotopic (exact) mass is 250 g/mol. The standard InChI is InChI=1S/C13H18N2O3/c1-2-3-4-10-5-7-11(8-6-10)15-13(18)14-9-12(16)17/h5-8H,2-4,9H2,1H3,(H,16,17)(H2,14,15,18). The molecule has 0 fully saturated rings. The Labute approximate surface area is 106 Å². The van der Waals surface area contributed by atoms with Gasteiger partial charge in [-0.15, -0.1) is 0 Å². The molecule has 2 amide bonds. The number of hydrogen-bond donors (Lipinski definition) is 3. The first-order valence-electron chi connectivity index (χ1n) is 5.97. The number of aliphatic carboxylic acids is 1. The number of carboxylic acids is 1. The Bertz CT molecular complexity index is 401. The third-order valence-electron chi connectivity index (χ3n) is 2.43. The van der Waals surface area contributed by atoms with Crippen molar-refractivity contribution in [2.75, 3.05) is 11.9 Å². The van der Waals surface area contributed by atoms with E-state index in [0.29, 0.717) is 5.69 Å². The molecule has 3 N–H and O–H groups in total. The molecule has 0 spiro atoms. The lowest BCUT2D eigenvalue weighted by Crippen LogP contribution is -2.33. The number of hydrogen-bond acceptors (Lipinski definition) is 2. The van der Waals surface area contributed by atoms with Crippen molar-refractivity contribution < 1.29 is 14.7 Å². The Morgan fingerprint density at radius 2 is 1.89 bits per heavy atom. The first-order valence-corrected chi connectivity index (χ1v) is 5.97. The predicted molar refractivity (Wildman–Crippen MR) is 69.7 cm³/mol. The van der Waals surface area contributed by atoms with Gasteiger partial charge in [-0.1, -0.05) is 25.5 Å². The van der Waals surface area contributed by atoms with Gasteiger partial charge in [-0.05, 0) is 30.5 Å². The van der Waals surface area contributed by atoms with Gasteiger partial charge in [-0.2, -0.15) is 0 Å². The van der Waals surface area contributed by atoms with Crippen molar-refractivity contribution in [2.24, 2.45) is 0 Å². The number of nitrogens with one attached hydrogen (secondary N) is 2. The zero-order valence-corrected chi connectivity index (χ0v) is 10.4. The number of carbonyl (C=O) groups is 2. The second-order valence-electron chi connectivity index (χ2n) is 4.00. The molecule has 0 aliphatic carbocycles. The number of aryl methyl sites for hydroxylation is 1. The van der Waals surface area contributed by atoms with Crippen LogP contribution in [-0.4, -0.2) is 23.7 Å². The topological polar surface area (TPSA) is 78.4 Å². The third kappa shape index (κ3) is 5.34. The summed E-state index contributed by atoms with van der Waals surface area (Å²) in [5, 5.41) is 13.2. The third-order valence-corrected chi connectivity index (χ3v) is 2.43. The average molecular weight is 250 g/mol. The minimum absolute atomic E-state index is 0.388. The maximum absolute atomic E-state index is 11.3. The summed E-state index contributed by atoms with van der Waals surface area (Å²) in [6.45, 7) is 1.75. The Morgan fingerprint density at radius 1 is 1.22 bits per heavy atom. The van der Waals surface area contributed by atoms with Gasteiger partial charge in [0.1, 0.15) is 6.54 Å². The molecule has 0 radical (unpaired) electrons. The van der Waals surface area contributed by atoms with Crippen LogP contribution in [0.2, 0.25) is 0 Å². The van der Waals surface area contributed by atoms with Gasteiger partial charge in [-0.25, -0.2) is 4.79 Å². The van der Waals surface area contributed by atoms with Crippen molar-refractivity contribution in [3.63, 3.8) is 0 Å². The number of carboxylic acid groups (broad SMARTS) is 1. The van der Waals surface area contributed by atoms with Gasteiger partial charge >= 0.3 is 12.0 Å². The second-order valence-corrected chi connectivity index (χ2v) is 4.00. The van der Waals surface area contributed by atoms with Crippen LogP contribution in [0.4, 0.5) is 10.5 Å². The minimum atomic E-state index is -1.07. The highest BCUT2D eigenvalue weighted by molar-refractivity contribution is 5.91. The van der Waals surface area contributed by atoms with Crippen molar-refractivity contribution in [3.8, 4) is 0 Å². The molecule has 5 nitrogen and oxygen atoms in total. The summed E-state index contributed by atoms with van der Waals surface area (Å²) in [7, 11) is 0. The van der Waals surface area contributed by atoms with E-state index < -0.39 is 12.0 Å². The molecule has 98 valence electrons. The fourth-order valence-corrected chi connectivity index (χ4v) is 1.47. The summed E-state index contributed by atoms with van der Waals surface area (Å²) in [5.41, 5.74) is 1.88. The predicted octanol–water partition coefficient (Wildman–Crippen LogP) is 2.24. The number of amides is 2. The van der Waals surface area contributed by atoms with Crippen LogP contribution in [0, 0.1) is 0 Å². The van der Waals surface area contributed by atoms with Gasteiger partial charge in [0, 0.05) is 5.69 Å². The molecule has 0 unspecified atom stereocenters. The number of unbranched alkanes of at least 4 members (excludes halogenated alkanes) is 1. The maximum atomic E-state index is 11.3. The molecule has 1 aromatic rings. The molecule has 0 heterocycles. The van der Waals surface area contributed by atoms with Gasteiger partial charge in [0.05, 0.1) is 0 Å². The van der Waals surface area contributed by atoms with E-state index in [2.05, 4.69) is 17.6 Å². The van der Waals surface area contributed by atoms with Gasteiger partial charge < -0.3 is 15.7 Å². The summed E-state index contributed by atoms with van der Waals surface area (Å²) < 4.78 is 0. The van der Waals surface area contributed by atoms with Crippen LogP contribution in [0.15, 0.2) is 24.3 Å². The van der Waals surface area contributed by atoms with Gasteiger partial charge in [-0.3, -0.25) is 4.79 Å². The molecule has 0 saturated carbocycles. The number of benzene rings is 1. The quantitative estimate of drug-likeness (QED) is 0.724. The van der Waals surface area contributed by atoms with E-state index in [0.717, 1.165) is 19.3 Å². The van der Waals surface area contributed by atoms with Crippen LogP contribution in [0.5, 0.6) is 0 Å². The van der Waals surface area contributed by atoms with Crippen LogP contribution in [0.3, 0.4) is 0 Å². The zero-order valence-electron chi connectivity index (χ0n) is 10.4. The lowest BCUT2D eigenvalue weighted by atomic mass is 10.1. The SMILES string of the molecule is CCCCc1ccc(NC(=O)NCC(=O)O)cc1. The van der Waals surface area contributed by atoms with E-state index in [4.69, 9.17) is 5.11 Å². The van der Waals surface area contributed by atoms with E-state index in [1.165, 1.54) is 5.56 Å². The highest BCUT2D eigenvalue weighted by Gasteiger charge is 2.03. The highest BCUT2D eigenvalue weighted by Crippen LogP contribution is 2.11. The molecule has 0 aliphatic rings. The van der Waals surface area contributed by atoms with E-state index >= 15 is 0 Å². The minimum Gasteiger partial charge on any atom is -0.480 e. The van der Waals surface area contributed by atoms with Crippen LogP contribution in [0.1, 0.15) is 25.3 Å². The van der Waals surface area contributed by atoms with Crippen molar-refractivity contribution in [1.82, 2.24) is 5.32 Å². The maximum Gasteiger partial charge on any atom is 0.323 e. The molecule has 0 bridgehead atoms. The van der Waals surface area contributed by atoms with Gasteiger partial charge in [0.2, 0.25) is 0 Å². The van der Waals surface area contributed by atoms with E-state index in [-0.39, 0.29) is 6.54 Å². The molecule has 0 aliphatic heterocycles. The Balaban J connectivity index is 2.42. The Morgan fingerprint density at radius 3 is 2.44 bits per heavy atom. The number of urea groups is 1. The van der Waals surface area contributed by atoms with Crippen LogP contribution >= 0.6 is 0 Å². The normalized spacial score (nSPS) is 9.83. The van der Waals surface area contributed by atoms with Crippen LogP contribution in [-0.2, 0) is 11.2 Å². The van der Waals surface area contributed by atoms with E-state index in [9.17, 15) is 9.59 Å². The number of carbonyl (C=O) groups excluding carboxylic acids is 1. The molecule has 5 heteroatoms. The van der Waals surface area contributed by atoms with Gasteiger partial charge in [0.25, 0.3) is 0 Å². The molecule has 1 aromatic carbocycles. The second kappa shape index (κ2) is 7.32. The molecule has 0 saturated heterocycles. The molecule has 18 heavy (non-hydrogen) atoms. The number of anilines is 1. The summed E-state index contributed by atoms with van der Waals surface area (Å²) in [4.78, 5) is 21.5. The fourth-order valence-electron chi connectivity index (χ4n) is 1.47. The molecular weight excluding hydrogens is 232 g/mol. The van der Waals surface area contributed by atoms with Crippen molar-refractivity contribution in [3.05, 3.63) is 29.8 Å². The molecule has 0 atom stereocenters. The van der Waals surface area contributed by atoms with Crippen LogP contribution in [0.25, 0.3) is 0 Å². The highest BCUT2D eigenvalue weighted by atomic mass is 16.4. The molecular formula is C13H18N2O3. The van der Waals surface area contributed by atoms with Gasteiger partial charge in [0.15, 0.2) is 0 Å². The fraction of sp³-hybridized carbons (Fsp3) is 0.385. The lowest BCUT2D eigenvalue weighted by Gasteiger charge is -2.06. The number of rotatable bonds is 6. The average Bonchev–Trinajstić information content (AvgIpc) is 2.35. The Hall–Kier alpha value is -2.04.